The summed E-state index contributed by atoms with van der Waals surface area (Å²) in [7, 11) is 1.62. The zero-order chi connectivity index (χ0) is 11.7. The van der Waals surface area contributed by atoms with E-state index >= 15 is 0 Å². The molecular formula is C11H9F3N2. The number of benzene rings is 1. The number of nitrogens with one attached hydrogen (secondary N) is 1. The van der Waals surface area contributed by atoms with Gasteiger partial charge in [0.25, 0.3) is 6.43 Å². The lowest BCUT2D eigenvalue weighted by molar-refractivity contribution is 0.146. The molecule has 0 saturated carbocycles. The van der Waals surface area contributed by atoms with E-state index in [2.05, 4.69) is 10.3 Å². The van der Waals surface area contributed by atoms with Crippen molar-refractivity contribution in [1.29, 1.82) is 0 Å². The van der Waals surface area contributed by atoms with E-state index in [1.165, 1.54) is 18.2 Å². The van der Waals surface area contributed by atoms with Crippen LogP contribution in [0.1, 0.15) is 12.1 Å². The molecule has 1 N–H and O–H groups in total. The van der Waals surface area contributed by atoms with Crippen molar-refractivity contribution in [3.63, 3.8) is 0 Å². The largest absolute Gasteiger partial charge is 0.388 e. The first-order valence-corrected chi connectivity index (χ1v) is 4.68. The Hall–Kier alpha value is -1.78. The molecule has 0 aliphatic carbocycles. The first-order valence-electron chi connectivity index (χ1n) is 4.68. The minimum absolute atomic E-state index is 0.224. The fourth-order valence-corrected chi connectivity index (χ4v) is 1.54. The minimum atomic E-state index is -2.67. The number of hydrogen-bond donors (Lipinski definition) is 1. The van der Waals surface area contributed by atoms with Crippen LogP contribution in [-0.2, 0) is 0 Å². The van der Waals surface area contributed by atoms with Crippen molar-refractivity contribution in [2.24, 2.45) is 0 Å². The van der Waals surface area contributed by atoms with Crippen molar-refractivity contribution in [2.45, 2.75) is 6.43 Å². The van der Waals surface area contributed by atoms with Crippen molar-refractivity contribution >= 4 is 16.6 Å². The van der Waals surface area contributed by atoms with Crippen LogP contribution in [-0.4, -0.2) is 12.0 Å². The molecule has 0 aliphatic rings. The number of fused-ring (bicyclic) bond motifs is 1. The molecule has 0 spiro atoms. The van der Waals surface area contributed by atoms with Crippen LogP contribution in [0, 0.1) is 5.82 Å². The van der Waals surface area contributed by atoms with E-state index in [0.717, 1.165) is 6.07 Å². The summed E-state index contributed by atoms with van der Waals surface area (Å²) in [5.74, 6) is -0.492. The number of nitrogens with zero attached hydrogens (tertiary/aromatic N) is 1. The predicted molar refractivity (Wildman–Crippen MR) is 56.2 cm³/mol. The predicted octanol–water partition coefficient (Wildman–Crippen LogP) is 3.35. The highest BCUT2D eigenvalue weighted by atomic mass is 19.3. The average molecular weight is 226 g/mol. The Morgan fingerprint density at radius 1 is 1.25 bits per heavy atom. The first-order chi connectivity index (χ1) is 7.61. The van der Waals surface area contributed by atoms with E-state index in [1.54, 1.807) is 7.05 Å². The Kier molecular flexibility index (Phi) is 2.68. The second kappa shape index (κ2) is 4.00. The van der Waals surface area contributed by atoms with Crippen molar-refractivity contribution in [1.82, 2.24) is 4.98 Å². The molecule has 84 valence electrons. The van der Waals surface area contributed by atoms with Crippen LogP contribution < -0.4 is 5.32 Å². The highest BCUT2D eigenvalue weighted by Gasteiger charge is 2.12. The van der Waals surface area contributed by atoms with Gasteiger partial charge in [-0.05, 0) is 18.2 Å². The van der Waals surface area contributed by atoms with E-state index in [-0.39, 0.29) is 11.2 Å². The molecule has 16 heavy (non-hydrogen) atoms. The zero-order valence-corrected chi connectivity index (χ0v) is 8.47. The fraction of sp³-hybridized carbons (Fsp3) is 0.182. The van der Waals surface area contributed by atoms with Crippen LogP contribution in [0.2, 0.25) is 0 Å². The SMILES string of the molecule is CNc1cc(C(F)F)nc2cc(F)ccc12. The standard InChI is InChI=1S/C11H9F3N2/c1-15-8-5-10(11(13)14)16-9-4-6(12)2-3-7(8)9/h2-5,11H,1H3,(H,15,16). The molecular weight excluding hydrogens is 217 g/mol. The van der Waals surface area contributed by atoms with Gasteiger partial charge in [0.2, 0.25) is 0 Å². The van der Waals surface area contributed by atoms with Crippen LogP contribution >= 0.6 is 0 Å². The summed E-state index contributed by atoms with van der Waals surface area (Å²) in [5.41, 5.74) is 0.380. The molecule has 1 heterocycles. The van der Waals surface area contributed by atoms with Gasteiger partial charge in [-0.3, -0.25) is 0 Å². The van der Waals surface area contributed by atoms with Crippen molar-refractivity contribution in [3.05, 3.63) is 35.8 Å². The quantitative estimate of drug-likeness (QED) is 0.849. The number of aromatic nitrogens is 1. The first kappa shape index (κ1) is 10.7. The summed E-state index contributed by atoms with van der Waals surface area (Å²) in [6.07, 6.45) is -2.67. The monoisotopic (exact) mass is 226 g/mol. The third-order valence-corrected chi connectivity index (χ3v) is 2.28. The van der Waals surface area contributed by atoms with Gasteiger partial charge in [0.1, 0.15) is 11.5 Å². The molecule has 5 heteroatoms. The third-order valence-electron chi connectivity index (χ3n) is 2.28. The van der Waals surface area contributed by atoms with Gasteiger partial charge in [0.15, 0.2) is 0 Å². The minimum Gasteiger partial charge on any atom is -0.388 e. The second-order valence-corrected chi connectivity index (χ2v) is 3.31. The van der Waals surface area contributed by atoms with Crippen LogP contribution in [0.5, 0.6) is 0 Å². The molecule has 2 aromatic rings. The summed E-state index contributed by atoms with van der Waals surface area (Å²) < 4.78 is 38.0. The molecule has 1 aromatic carbocycles. The van der Waals surface area contributed by atoms with Gasteiger partial charge in [-0.15, -0.1) is 0 Å². The van der Waals surface area contributed by atoms with E-state index < -0.39 is 12.2 Å². The number of halogens is 3. The van der Waals surface area contributed by atoms with E-state index in [1.807, 2.05) is 0 Å². The molecule has 0 atom stereocenters. The van der Waals surface area contributed by atoms with Gasteiger partial charge < -0.3 is 5.32 Å². The summed E-state index contributed by atoms with van der Waals surface area (Å²) in [6, 6.07) is 5.19. The molecule has 0 amide bonds. The lowest BCUT2D eigenvalue weighted by Crippen LogP contribution is -1.97. The Morgan fingerprint density at radius 2 is 2.00 bits per heavy atom. The molecule has 2 rings (SSSR count). The Morgan fingerprint density at radius 3 is 2.62 bits per heavy atom. The van der Waals surface area contributed by atoms with Gasteiger partial charge in [0.05, 0.1) is 5.52 Å². The number of hydrogen-bond acceptors (Lipinski definition) is 2. The van der Waals surface area contributed by atoms with Crippen molar-refractivity contribution < 1.29 is 13.2 Å². The normalized spacial score (nSPS) is 11.1. The highest BCUT2D eigenvalue weighted by Crippen LogP contribution is 2.27. The summed E-state index contributed by atoms with van der Waals surface area (Å²) in [6.45, 7) is 0. The molecule has 1 aromatic heterocycles. The Labute approximate surface area is 90.1 Å². The van der Waals surface area contributed by atoms with Crippen LogP contribution in [0.25, 0.3) is 10.9 Å². The summed E-state index contributed by atoms with van der Waals surface area (Å²) in [4.78, 5) is 3.71. The van der Waals surface area contributed by atoms with Crippen molar-refractivity contribution in [3.8, 4) is 0 Å². The zero-order valence-electron chi connectivity index (χ0n) is 8.47. The lowest BCUT2D eigenvalue weighted by Gasteiger charge is -2.08. The average Bonchev–Trinajstić information content (AvgIpc) is 2.26. The van der Waals surface area contributed by atoms with E-state index in [0.29, 0.717) is 11.1 Å². The Bertz CT molecular complexity index is 526. The van der Waals surface area contributed by atoms with Gasteiger partial charge in [0, 0.05) is 24.2 Å². The lowest BCUT2D eigenvalue weighted by atomic mass is 10.1. The van der Waals surface area contributed by atoms with Crippen molar-refractivity contribution in [2.75, 3.05) is 12.4 Å². The maximum Gasteiger partial charge on any atom is 0.280 e. The number of rotatable bonds is 2. The smallest absolute Gasteiger partial charge is 0.280 e. The highest BCUT2D eigenvalue weighted by molar-refractivity contribution is 5.91. The summed E-state index contributed by atoms with van der Waals surface area (Å²) in [5, 5.41) is 3.41. The molecule has 0 unspecified atom stereocenters. The van der Waals surface area contributed by atoms with Gasteiger partial charge in [-0.25, -0.2) is 18.2 Å². The van der Waals surface area contributed by atoms with Gasteiger partial charge in [-0.2, -0.15) is 0 Å². The topological polar surface area (TPSA) is 24.9 Å². The Balaban J connectivity index is 2.73. The molecule has 2 nitrogen and oxygen atoms in total. The summed E-state index contributed by atoms with van der Waals surface area (Å²) >= 11 is 0. The molecule has 0 fully saturated rings. The molecule has 0 saturated heterocycles. The number of anilines is 1. The number of alkyl halides is 2. The van der Waals surface area contributed by atoms with E-state index in [9.17, 15) is 13.2 Å². The molecule has 0 aliphatic heterocycles. The fourth-order valence-electron chi connectivity index (χ4n) is 1.54. The van der Waals surface area contributed by atoms with Crippen LogP contribution in [0.3, 0.4) is 0 Å². The molecule has 0 bridgehead atoms. The maximum absolute atomic E-state index is 13.0. The molecule has 0 radical (unpaired) electrons. The van der Waals surface area contributed by atoms with Crippen LogP contribution in [0.15, 0.2) is 24.3 Å². The third kappa shape index (κ3) is 1.80. The van der Waals surface area contributed by atoms with Crippen LogP contribution in [0.4, 0.5) is 18.9 Å². The van der Waals surface area contributed by atoms with E-state index in [4.69, 9.17) is 0 Å². The van der Waals surface area contributed by atoms with Gasteiger partial charge >= 0.3 is 0 Å². The second-order valence-electron chi connectivity index (χ2n) is 3.31. The van der Waals surface area contributed by atoms with Gasteiger partial charge in [-0.1, -0.05) is 0 Å². The maximum atomic E-state index is 13.0. The number of pyridine rings is 1.